The van der Waals surface area contributed by atoms with E-state index in [-0.39, 0.29) is 0 Å². The number of hydrogen-bond donors (Lipinski definition) is 2. The quantitative estimate of drug-likeness (QED) is 0.602. The molecule has 0 atom stereocenters. The Labute approximate surface area is 93.6 Å². The minimum Gasteiger partial charge on any atom is -0.361 e. The predicted octanol–water partition coefficient (Wildman–Crippen LogP) is 2.54. The highest BCUT2D eigenvalue weighted by molar-refractivity contribution is 6.31. The van der Waals surface area contributed by atoms with E-state index in [0.717, 1.165) is 17.1 Å². The van der Waals surface area contributed by atoms with Gasteiger partial charge in [-0.05, 0) is 17.7 Å². The summed E-state index contributed by atoms with van der Waals surface area (Å²) in [5.74, 6) is 2.54. The maximum atomic E-state index is 5.89. The van der Waals surface area contributed by atoms with Gasteiger partial charge in [0, 0.05) is 28.7 Å². The van der Waals surface area contributed by atoms with Gasteiger partial charge in [0.25, 0.3) is 0 Å². The van der Waals surface area contributed by atoms with Crippen LogP contribution in [-0.2, 0) is 6.54 Å². The number of terminal acetylenes is 1. The molecule has 0 aliphatic carbocycles. The molecule has 0 bridgehead atoms. The van der Waals surface area contributed by atoms with Crippen LogP contribution in [0, 0.1) is 12.3 Å². The van der Waals surface area contributed by atoms with Gasteiger partial charge < -0.3 is 10.3 Å². The lowest BCUT2D eigenvalue weighted by atomic mass is 10.2. The molecule has 0 fully saturated rings. The van der Waals surface area contributed by atoms with E-state index >= 15 is 0 Å². The molecule has 1 heterocycles. The Morgan fingerprint density at radius 3 is 3.13 bits per heavy atom. The number of aromatic nitrogens is 1. The van der Waals surface area contributed by atoms with E-state index in [1.807, 2.05) is 24.4 Å². The molecule has 2 N–H and O–H groups in total. The second-order valence-corrected chi connectivity index (χ2v) is 3.75. The van der Waals surface area contributed by atoms with Crippen molar-refractivity contribution in [2.45, 2.75) is 6.54 Å². The van der Waals surface area contributed by atoms with E-state index in [1.165, 1.54) is 10.9 Å². The molecule has 3 heteroatoms. The van der Waals surface area contributed by atoms with Crippen LogP contribution in [0.15, 0.2) is 24.4 Å². The molecule has 0 amide bonds. The van der Waals surface area contributed by atoms with Gasteiger partial charge in [-0.1, -0.05) is 23.6 Å². The lowest BCUT2D eigenvalue weighted by Gasteiger charge is -1.99. The number of H-pyrrole nitrogens is 1. The van der Waals surface area contributed by atoms with Gasteiger partial charge in [-0.25, -0.2) is 0 Å². The summed E-state index contributed by atoms with van der Waals surface area (Å²) in [5, 5.41) is 5.08. The molecule has 0 saturated carbocycles. The molecule has 2 rings (SSSR count). The summed E-state index contributed by atoms with van der Waals surface area (Å²) < 4.78 is 0. The third-order valence-corrected chi connectivity index (χ3v) is 2.51. The minimum atomic E-state index is 0.584. The smallest absolute Gasteiger partial charge is 0.0576 e. The van der Waals surface area contributed by atoms with Gasteiger partial charge in [0.2, 0.25) is 0 Å². The van der Waals surface area contributed by atoms with Gasteiger partial charge in [0.05, 0.1) is 6.54 Å². The molecule has 2 aromatic rings. The van der Waals surface area contributed by atoms with E-state index in [1.54, 1.807) is 0 Å². The monoisotopic (exact) mass is 218 g/mol. The van der Waals surface area contributed by atoms with E-state index in [0.29, 0.717) is 6.54 Å². The van der Waals surface area contributed by atoms with Crippen LogP contribution in [0.1, 0.15) is 5.56 Å². The molecule has 0 aliphatic rings. The highest BCUT2D eigenvalue weighted by atomic mass is 35.5. The van der Waals surface area contributed by atoms with Gasteiger partial charge in [0.1, 0.15) is 0 Å². The van der Waals surface area contributed by atoms with Crippen molar-refractivity contribution in [3.05, 3.63) is 35.0 Å². The third kappa shape index (κ3) is 2.15. The normalized spacial score (nSPS) is 10.4. The van der Waals surface area contributed by atoms with E-state index in [9.17, 15) is 0 Å². The first-order valence-electron chi connectivity index (χ1n) is 4.71. The minimum absolute atomic E-state index is 0.584. The number of benzene rings is 1. The van der Waals surface area contributed by atoms with Crippen LogP contribution in [0.3, 0.4) is 0 Å². The van der Waals surface area contributed by atoms with Gasteiger partial charge in [-0.2, -0.15) is 0 Å². The molecule has 15 heavy (non-hydrogen) atoms. The fourth-order valence-electron chi connectivity index (χ4n) is 1.57. The maximum absolute atomic E-state index is 5.89. The van der Waals surface area contributed by atoms with Crippen LogP contribution in [-0.4, -0.2) is 11.5 Å². The fraction of sp³-hybridized carbons (Fsp3) is 0.167. The van der Waals surface area contributed by atoms with Gasteiger partial charge in [-0.15, -0.1) is 6.42 Å². The van der Waals surface area contributed by atoms with E-state index in [2.05, 4.69) is 16.2 Å². The summed E-state index contributed by atoms with van der Waals surface area (Å²) in [5.41, 5.74) is 2.26. The Morgan fingerprint density at radius 1 is 1.47 bits per heavy atom. The van der Waals surface area contributed by atoms with Crippen molar-refractivity contribution in [3.8, 4) is 12.3 Å². The molecule has 0 saturated heterocycles. The highest BCUT2D eigenvalue weighted by Gasteiger charge is 2.02. The molecular formula is C12H11ClN2. The number of hydrogen-bond acceptors (Lipinski definition) is 1. The van der Waals surface area contributed by atoms with Crippen molar-refractivity contribution in [2.24, 2.45) is 0 Å². The Kier molecular flexibility index (Phi) is 2.96. The van der Waals surface area contributed by atoms with Gasteiger partial charge in [0.15, 0.2) is 0 Å². The first-order chi connectivity index (χ1) is 7.31. The van der Waals surface area contributed by atoms with Crippen molar-refractivity contribution < 1.29 is 0 Å². The van der Waals surface area contributed by atoms with Crippen molar-refractivity contribution in [1.82, 2.24) is 10.3 Å². The van der Waals surface area contributed by atoms with Crippen LogP contribution in [0.4, 0.5) is 0 Å². The Bertz CT molecular complexity index is 508. The van der Waals surface area contributed by atoms with Crippen LogP contribution in [0.25, 0.3) is 10.9 Å². The summed E-state index contributed by atoms with van der Waals surface area (Å²) >= 11 is 5.89. The lowest BCUT2D eigenvalue weighted by Crippen LogP contribution is -2.12. The molecule has 0 radical (unpaired) electrons. The Morgan fingerprint density at radius 2 is 2.33 bits per heavy atom. The predicted molar refractivity (Wildman–Crippen MR) is 63.8 cm³/mol. The molecular weight excluding hydrogens is 208 g/mol. The fourth-order valence-corrected chi connectivity index (χ4v) is 1.75. The zero-order valence-corrected chi connectivity index (χ0v) is 8.93. The van der Waals surface area contributed by atoms with Crippen molar-refractivity contribution in [1.29, 1.82) is 0 Å². The molecule has 0 unspecified atom stereocenters. The van der Waals surface area contributed by atoms with Crippen molar-refractivity contribution >= 4 is 22.5 Å². The Balaban J connectivity index is 2.26. The average molecular weight is 219 g/mol. The summed E-state index contributed by atoms with van der Waals surface area (Å²) in [6, 6.07) is 5.82. The number of fused-ring (bicyclic) bond motifs is 1. The van der Waals surface area contributed by atoms with Crippen LogP contribution in [0.2, 0.25) is 5.02 Å². The standard InChI is InChI=1S/C12H11ClN2/c1-2-5-14-7-9-8-15-12-6-10(13)3-4-11(9)12/h1,3-4,6,8,14-15H,5,7H2. The Hall–Kier alpha value is -1.43. The lowest BCUT2D eigenvalue weighted by molar-refractivity contribution is 0.775. The second kappa shape index (κ2) is 4.39. The van der Waals surface area contributed by atoms with Crippen molar-refractivity contribution in [3.63, 3.8) is 0 Å². The molecule has 2 nitrogen and oxygen atoms in total. The first-order valence-corrected chi connectivity index (χ1v) is 5.09. The number of nitrogens with one attached hydrogen (secondary N) is 2. The largest absolute Gasteiger partial charge is 0.361 e. The summed E-state index contributed by atoms with van der Waals surface area (Å²) in [4.78, 5) is 3.18. The van der Waals surface area contributed by atoms with E-state index < -0.39 is 0 Å². The maximum Gasteiger partial charge on any atom is 0.0576 e. The number of rotatable bonds is 3. The summed E-state index contributed by atoms with van der Waals surface area (Å²) in [6.07, 6.45) is 7.14. The number of aromatic amines is 1. The SMILES string of the molecule is C#CCNCc1c[nH]c2cc(Cl)ccc12. The van der Waals surface area contributed by atoms with Crippen LogP contribution >= 0.6 is 11.6 Å². The second-order valence-electron chi connectivity index (χ2n) is 3.31. The topological polar surface area (TPSA) is 27.8 Å². The molecule has 0 aliphatic heterocycles. The molecule has 1 aromatic carbocycles. The molecule has 0 spiro atoms. The van der Waals surface area contributed by atoms with Crippen LogP contribution < -0.4 is 5.32 Å². The van der Waals surface area contributed by atoms with Crippen LogP contribution in [0.5, 0.6) is 0 Å². The number of halogens is 1. The summed E-state index contributed by atoms with van der Waals surface area (Å²) in [6.45, 7) is 1.35. The van der Waals surface area contributed by atoms with E-state index in [4.69, 9.17) is 18.0 Å². The first kappa shape index (κ1) is 10.1. The molecule has 1 aromatic heterocycles. The zero-order valence-electron chi connectivity index (χ0n) is 8.18. The highest BCUT2D eigenvalue weighted by Crippen LogP contribution is 2.21. The van der Waals surface area contributed by atoms with Gasteiger partial charge >= 0.3 is 0 Å². The van der Waals surface area contributed by atoms with Crippen molar-refractivity contribution in [2.75, 3.05) is 6.54 Å². The average Bonchev–Trinajstić information content (AvgIpc) is 2.61. The zero-order chi connectivity index (χ0) is 10.7. The van der Waals surface area contributed by atoms with Gasteiger partial charge in [-0.3, -0.25) is 0 Å². The third-order valence-electron chi connectivity index (χ3n) is 2.27. The summed E-state index contributed by atoms with van der Waals surface area (Å²) in [7, 11) is 0. The molecule has 76 valence electrons.